The number of amides is 2. The number of allylic oxidation sites excluding steroid dienone is 6. The van der Waals surface area contributed by atoms with Crippen molar-refractivity contribution in [3.8, 4) is 17.2 Å². The van der Waals surface area contributed by atoms with Gasteiger partial charge < -0.3 is 14.6 Å². The Bertz CT molecular complexity index is 1280. The Labute approximate surface area is 202 Å². The highest BCUT2D eigenvalue weighted by atomic mass is 16.5. The number of Topliss-reactive ketones (excluding diaryl/α,β-unsaturated/α-hetero) is 1. The van der Waals surface area contributed by atoms with Crippen molar-refractivity contribution in [2.75, 3.05) is 20.8 Å². The summed E-state index contributed by atoms with van der Waals surface area (Å²) in [4.78, 5) is 54.2. The molecule has 0 saturated carbocycles. The molecule has 1 aromatic carbocycles. The number of benzene rings is 1. The van der Waals surface area contributed by atoms with Gasteiger partial charge >= 0.3 is 0 Å². The number of carbonyl (C=O) groups is 4. The van der Waals surface area contributed by atoms with E-state index in [1.807, 2.05) is 6.08 Å². The molecule has 4 unspecified atom stereocenters. The van der Waals surface area contributed by atoms with Gasteiger partial charge in [0.25, 0.3) is 0 Å². The number of phenolic OH excluding ortho intramolecular Hbond substituents is 1. The third-order valence-electron chi connectivity index (χ3n) is 7.81. The van der Waals surface area contributed by atoms with Gasteiger partial charge in [-0.3, -0.25) is 24.1 Å². The molecule has 0 spiro atoms. The zero-order valence-electron chi connectivity index (χ0n) is 20.1. The van der Waals surface area contributed by atoms with E-state index in [1.165, 1.54) is 31.3 Å². The number of methoxy groups -OCH3 is 2. The molecule has 3 aliphatic carbocycles. The lowest BCUT2D eigenvalue weighted by atomic mass is 9.59. The number of likely N-dealkylation sites (tertiary alicyclic amines) is 1. The molecule has 1 saturated heterocycles. The average molecular weight is 478 g/mol. The van der Waals surface area contributed by atoms with Gasteiger partial charge in [0, 0.05) is 46.9 Å². The van der Waals surface area contributed by atoms with E-state index >= 15 is 0 Å². The summed E-state index contributed by atoms with van der Waals surface area (Å²) in [5, 5.41) is 11.1. The minimum Gasteiger partial charge on any atom is -0.507 e. The Kier molecular flexibility index (Phi) is 5.42. The summed E-state index contributed by atoms with van der Waals surface area (Å²) in [6.45, 7) is 3.66. The van der Waals surface area contributed by atoms with Crippen molar-refractivity contribution in [3.63, 3.8) is 0 Å². The van der Waals surface area contributed by atoms with Crippen molar-refractivity contribution >= 4 is 23.4 Å². The van der Waals surface area contributed by atoms with Crippen LogP contribution in [0, 0.1) is 17.8 Å². The number of aromatic hydroxyl groups is 1. The number of nitrogens with zero attached hydrogens (tertiary/aromatic N) is 1. The van der Waals surface area contributed by atoms with Crippen molar-refractivity contribution in [2.24, 2.45) is 17.8 Å². The van der Waals surface area contributed by atoms with Crippen LogP contribution in [0.5, 0.6) is 17.2 Å². The summed E-state index contributed by atoms with van der Waals surface area (Å²) in [5.74, 6) is -2.78. The molecule has 1 N–H and O–H groups in total. The monoisotopic (exact) mass is 477 g/mol. The summed E-state index contributed by atoms with van der Waals surface area (Å²) in [6, 6.07) is 3.05. The number of ketones is 2. The van der Waals surface area contributed by atoms with Gasteiger partial charge in [-0.05, 0) is 38.7 Å². The van der Waals surface area contributed by atoms with E-state index in [9.17, 15) is 24.3 Å². The first-order chi connectivity index (χ1) is 16.7. The minimum atomic E-state index is -0.787. The largest absolute Gasteiger partial charge is 0.507 e. The molecule has 1 aromatic rings. The Balaban J connectivity index is 1.75. The number of fused-ring (bicyclic) bond motifs is 3. The molecule has 1 heterocycles. The van der Waals surface area contributed by atoms with Crippen LogP contribution in [-0.4, -0.2) is 54.2 Å². The zero-order chi connectivity index (χ0) is 25.2. The summed E-state index contributed by atoms with van der Waals surface area (Å²) in [7, 11) is 2.92. The van der Waals surface area contributed by atoms with Gasteiger partial charge in [0.15, 0.2) is 11.6 Å². The first-order valence-electron chi connectivity index (χ1n) is 11.7. The Hall–Kier alpha value is -3.68. The number of ether oxygens (including phenoxy) is 2. The number of hydrogen-bond donors (Lipinski definition) is 1. The van der Waals surface area contributed by atoms with Crippen molar-refractivity contribution < 1.29 is 33.8 Å². The van der Waals surface area contributed by atoms with Crippen LogP contribution in [0.4, 0.5) is 0 Å². The molecule has 35 heavy (non-hydrogen) atoms. The van der Waals surface area contributed by atoms with E-state index in [0.717, 1.165) is 5.57 Å². The van der Waals surface area contributed by atoms with Crippen LogP contribution in [0.1, 0.15) is 38.2 Å². The summed E-state index contributed by atoms with van der Waals surface area (Å²) >= 11 is 0. The first kappa shape index (κ1) is 23.1. The van der Waals surface area contributed by atoms with Crippen LogP contribution in [0.25, 0.3) is 0 Å². The molecule has 0 aromatic heterocycles. The Morgan fingerprint density at radius 2 is 1.80 bits per heavy atom. The van der Waals surface area contributed by atoms with Gasteiger partial charge in [-0.2, -0.15) is 0 Å². The highest BCUT2D eigenvalue weighted by Gasteiger charge is 2.56. The van der Waals surface area contributed by atoms with Crippen LogP contribution in [0.2, 0.25) is 0 Å². The number of rotatable bonds is 4. The molecular weight excluding hydrogens is 450 g/mol. The Morgan fingerprint density at radius 1 is 1.06 bits per heavy atom. The first-order valence-corrected chi connectivity index (χ1v) is 11.7. The normalized spacial score (nSPS) is 27.8. The van der Waals surface area contributed by atoms with E-state index in [-0.39, 0.29) is 42.1 Å². The van der Waals surface area contributed by atoms with Crippen LogP contribution < -0.4 is 9.47 Å². The lowest BCUT2D eigenvalue weighted by Crippen LogP contribution is -2.39. The molecule has 1 aliphatic heterocycles. The second kappa shape index (κ2) is 8.22. The molecule has 5 rings (SSSR count). The number of phenols is 1. The molecule has 2 amide bonds. The third kappa shape index (κ3) is 3.19. The van der Waals surface area contributed by atoms with Gasteiger partial charge in [-0.25, -0.2) is 0 Å². The van der Waals surface area contributed by atoms with Gasteiger partial charge in [0.2, 0.25) is 11.8 Å². The van der Waals surface area contributed by atoms with Crippen molar-refractivity contribution in [3.05, 3.63) is 52.1 Å². The van der Waals surface area contributed by atoms with Crippen molar-refractivity contribution in [1.29, 1.82) is 0 Å². The average Bonchev–Trinajstić information content (AvgIpc) is 3.10. The van der Waals surface area contributed by atoms with Gasteiger partial charge in [0.05, 0.1) is 26.1 Å². The maximum Gasteiger partial charge on any atom is 0.233 e. The molecule has 4 aliphatic rings. The molecule has 182 valence electrons. The Morgan fingerprint density at radius 3 is 2.46 bits per heavy atom. The standard InChI is InChI=1S/C27H27NO7/c1-5-28-26(32)15-7-6-14-16(21(15)27(28)33)11-17-22(18(29)8-12(2)25(17)31)23(14)24-19(30)9-13(34-3)10-20(24)35-4/h6,8-10,15-16,21,23,30H,5,7,11H2,1-4H3. The van der Waals surface area contributed by atoms with Crippen molar-refractivity contribution in [2.45, 2.75) is 32.6 Å². The SMILES string of the molecule is CCN1C(=O)C2CC=C3C(c4c(O)cc(OC)cc4OC)C4=C(CC3C2C1=O)C(=O)C(C)=CC4=O. The molecule has 4 atom stereocenters. The number of imide groups is 1. The summed E-state index contributed by atoms with van der Waals surface area (Å²) in [5.41, 5.74) is 2.08. The number of carbonyl (C=O) groups excluding carboxylic acids is 4. The maximum atomic E-state index is 13.3. The molecule has 8 heteroatoms. The predicted molar refractivity (Wildman–Crippen MR) is 125 cm³/mol. The lowest BCUT2D eigenvalue weighted by molar-refractivity contribution is -0.139. The smallest absolute Gasteiger partial charge is 0.233 e. The highest BCUT2D eigenvalue weighted by molar-refractivity contribution is 6.23. The number of hydrogen-bond acceptors (Lipinski definition) is 7. The molecule has 8 nitrogen and oxygen atoms in total. The minimum absolute atomic E-state index is 0.141. The van der Waals surface area contributed by atoms with Crippen LogP contribution in [-0.2, 0) is 19.2 Å². The topological polar surface area (TPSA) is 110 Å². The fraction of sp³-hybridized carbons (Fsp3) is 0.407. The molecule has 0 radical (unpaired) electrons. The van der Waals surface area contributed by atoms with Crippen LogP contribution in [0.15, 0.2) is 46.6 Å². The second-order valence-corrected chi connectivity index (χ2v) is 9.41. The molecule has 1 fully saturated rings. The molecular formula is C27H27NO7. The summed E-state index contributed by atoms with van der Waals surface area (Å²) < 4.78 is 10.9. The van der Waals surface area contributed by atoms with Gasteiger partial charge in [-0.1, -0.05) is 11.6 Å². The van der Waals surface area contributed by atoms with E-state index in [2.05, 4.69) is 0 Å². The highest BCUT2D eigenvalue weighted by Crippen LogP contribution is 2.57. The predicted octanol–water partition coefficient (Wildman–Crippen LogP) is 2.86. The van der Waals surface area contributed by atoms with Crippen LogP contribution in [0.3, 0.4) is 0 Å². The van der Waals surface area contributed by atoms with Gasteiger partial charge in [-0.15, -0.1) is 0 Å². The zero-order valence-corrected chi connectivity index (χ0v) is 20.1. The maximum absolute atomic E-state index is 13.3. The van der Waals surface area contributed by atoms with E-state index in [4.69, 9.17) is 9.47 Å². The quantitative estimate of drug-likeness (QED) is 0.403. The van der Waals surface area contributed by atoms with E-state index in [0.29, 0.717) is 40.2 Å². The third-order valence-corrected chi connectivity index (χ3v) is 7.81. The molecule has 0 bridgehead atoms. The lowest BCUT2D eigenvalue weighted by Gasteiger charge is -2.42. The van der Waals surface area contributed by atoms with Crippen molar-refractivity contribution in [1.82, 2.24) is 4.90 Å². The second-order valence-electron chi connectivity index (χ2n) is 9.41. The summed E-state index contributed by atoms with van der Waals surface area (Å²) in [6.07, 6.45) is 3.80. The van der Waals surface area contributed by atoms with E-state index < -0.39 is 23.7 Å². The van der Waals surface area contributed by atoms with E-state index in [1.54, 1.807) is 19.9 Å². The van der Waals surface area contributed by atoms with Gasteiger partial charge in [0.1, 0.15) is 17.2 Å². The fourth-order valence-electron chi connectivity index (χ4n) is 6.25. The fourth-order valence-corrected chi connectivity index (χ4v) is 6.25. The van der Waals surface area contributed by atoms with Crippen LogP contribution >= 0.6 is 0 Å².